The fourth-order valence-electron chi connectivity index (χ4n) is 2.43. The van der Waals surface area contributed by atoms with Crippen LogP contribution in [-0.2, 0) is 25.6 Å². The van der Waals surface area contributed by atoms with Crippen LogP contribution in [-0.4, -0.2) is 75.1 Å². The number of aliphatic hydroxyl groups excluding tert-OH is 1. The van der Waals surface area contributed by atoms with Crippen LogP contribution in [0.4, 0.5) is 0 Å². The zero-order valence-corrected chi connectivity index (χ0v) is 16.3. The summed E-state index contributed by atoms with van der Waals surface area (Å²) in [6.07, 6.45) is 3.73. The maximum Gasteiger partial charge on any atom is 0.322 e. The van der Waals surface area contributed by atoms with Crippen molar-refractivity contribution in [2.75, 3.05) is 13.2 Å². The monoisotopic (exact) mass is 412 g/mol. The first kappa shape index (κ1) is 24.0. The molecule has 1 heterocycles. The van der Waals surface area contributed by atoms with Gasteiger partial charge in [0.1, 0.15) is 18.6 Å². The van der Waals surface area contributed by atoms with Crippen LogP contribution in [0.3, 0.4) is 0 Å². The normalized spacial score (nSPS) is 14.9. The highest BCUT2D eigenvalue weighted by atomic mass is 16.4. The van der Waals surface area contributed by atoms with Gasteiger partial charge >= 0.3 is 5.97 Å². The lowest BCUT2D eigenvalue weighted by molar-refractivity contribution is -0.139. The van der Waals surface area contributed by atoms with Crippen molar-refractivity contribution in [2.45, 2.75) is 44.8 Å². The van der Waals surface area contributed by atoms with Gasteiger partial charge in [0.25, 0.3) is 0 Å². The van der Waals surface area contributed by atoms with Gasteiger partial charge in [-0.05, 0) is 5.92 Å². The van der Waals surface area contributed by atoms with Gasteiger partial charge in [0.2, 0.25) is 17.7 Å². The summed E-state index contributed by atoms with van der Waals surface area (Å²) in [6.45, 7) is 2.17. The Kier molecular flexibility index (Phi) is 9.75. The van der Waals surface area contributed by atoms with Crippen molar-refractivity contribution in [1.82, 2.24) is 25.9 Å². The molecule has 1 aromatic rings. The predicted molar refractivity (Wildman–Crippen MR) is 101 cm³/mol. The fraction of sp³-hybridized carbons (Fsp3) is 0.588. The van der Waals surface area contributed by atoms with E-state index in [4.69, 9.17) is 10.8 Å². The van der Waals surface area contributed by atoms with E-state index in [9.17, 15) is 24.3 Å². The Morgan fingerprint density at radius 1 is 1.21 bits per heavy atom. The van der Waals surface area contributed by atoms with Crippen LogP contribution < -0.4 is 21.7 Å². The molecular formula is C17H28N6O6. The summed E-state index contributed by atoms with van der Waals surface area (Å²) in [5.41, 5.74) is 6.55. The number of nitrogens with zero attached hydrogens (tertiary/aromatic N) is 1. The third-order valence-electron chi connectivity index (χ3n) is 4.35. The molecule has 12 heteroatoms. The number of rotatable bonds is 12. The molecule has 0 aliphatic rings. The highest BCUT2D eigenvalue weighted by Gasteiger charge is 2.31. The van der Waals surface area contributed by atoms with Crippen molar-refractivity contribution >= 4 is 23.7 Å². The molecular weight excluding hydrogens is 384 g/mol. The van der Waals surface area contributed by atoms with E-state index in [1.807, 2.05) is 6.92 Å². The first-order valence-corrected chi connectivity index (χ1v) is 9.13. The minimum absolute atomic E-state index is 0.192. The molecule has 0 aliphatic carbocycles. The van der Waals surface area contributed by atoms with Gasteiger partial charge in [-0.25, -0.2) is 4.98 Å². The number of carbonyl (C=O) groups is 4. The number of carboxylic acids is 1. The third-order valence-corrected chi connectivity index (χ3v) is 4.35. The number of nitrogens with one attached hydrogen (secondary N) is 4. The van der Waals surface area contributed by atoms with Crippen LogP contribution in [0.1, 0.15) is 26.0 Å². The van der Waals surface area contributed by atoms with Gasteiger partial charge in [-0.2, -0.15) is 0 Å². The Morgan fingerprint density at radius 3 is 2.41 bits per heavy atom. The molecule has 0 aromatic carbocycles. The van der Waals surface area contributed by atoms with Crippen LogP contribution in [0.15, 0.2) is 12.5 Å². The Balaban J connectivity index is 2.76. The Labute approximate surface area is 167 Å². The van der Waals surface area contributed by atoms with Crippen molar-refractivity contribution in [3.63, 3.8) is 0 Å². The van der Waals surface area contributed by atoms with E-state index >= 15 is 0 Å². The number of imidazole rings is 1. The van der Waals surface area contributed by atoms with Gasteiger partial charge in [-0.15, -0.1) is 0 Å². The van der Waals surface area contributed by atoms with Gasteiger partial charge in [0.15, 0.2) is 0 Å². The smallest absolute Gasteiger partial charge is 0.322 e. The number of hydrogen-bond acceptors (Lipinski definition) is 7. The summed E-state index contributed by atoms with van der Waals surface area (Å²) < 4.78 is 0. The predicted octanol–water partition coefficient (Wildman–Crippen LogP) is -2.51. The second kappa shape index (κ2) is 11.8. The Hall–Kier alpha value is -2.99. The van der Waals surface area contributed by atoms with Gasteiger partial charge in [-0.1, -0.05) is 20.3 Å². The van der Waals surface area contributed by atoms with Crippen molar-refractivity contribution in [3.05, 3.63) is 18.2 Å². The van der Waals surface area contributed by atoms with Crippen molar-refractivity contribution in [2.24, 2.45) is 11.7 Å². The maximum absolute atomic E-state index is 12.6. The maximum atomic E-state index is 12.6. The third kappa shape index (κ3) is 7.87. The van der Waals surface area contributed by atoms with Crippen molar-refractivity contribution < 1.29 is 29.4 Å². The number of aromatic amines is 1. The number of hydrogen-bond donors (Lipinski definition) is 7. The second-order valence-electron chi connectivity index (χ2n) is 6.61. The lowest BCUT2D eigenvalue weighted by Gasteiger charge is -2.26. The van der Waals surface area contributed by atoms with Gasteiger partial charge < -0.3 is 36.9 Å². The standard InChI is InChI=1S/C17H28N6O6/c1-3-9(2)14(23-15(27)11(18)4-10-5-19-8-21-10)17(29)22-12(7-24)16(28)20-6-13(25)26/h5,8-9,11-12,14,24H,3-4,6-7,18H2,1-2H3,(H,19,21)(H,20,28)(H,22,29)(H,23,27)(H,25,26). The molecule has 1 aromatic heterocycles. The number of carbonyl (C=O) groups excluding carboxylic acids is 3. The average Bonchev–Trinajstić information content (AvgIpc) is 3.20. The van der Waals surface area contributed by atoms with E-state index in [1.54, 1.807) is 6.92 Å². The molecule has 29 heavy (non-hydrogen) atoms. The van der Waals surface area contributed by atoms with E-state index in [-0.39, 0.29) is 12.3 Å². The quantitative estimate of drug-likeness (QED) is 0.195. The molecule has 0 aliphatic heterocycles. The van der Waals surface area contributed by atoms with Crippen LogP contribution in [0, 0.1) is 5.92 Å². The number of aliphatic hydroxyl groups is 1. The largest absolute Gasteiger partial charge is 0.480 e. The summed E-state index contributed by atoms with van der Waals surface area (Å²) in [6, 6.07) is -3.28. The molecule has 3 amide bonds. The number of aromatic nitrogens is 2. The molecule has 0 spiro atoms. The molecule has 1 rings (SSSR count). The molecule has 0 saturated heterocycles. The Morgan fingerprint density at radius 2 is 1.90 bits per heavy atom. The summed E-state index contributed by atoms with van der Waals surface area (Å²) in [5, 5.41) is 25.0. The molecule has 4 unspecified atom stereocenters. The van der Waals surface area contributed by atoms with E-state index in [0.29, 0.717) is 12.1 Å². The lowest BCUT2D eigenvalue weighted by atomic mass is 9.97. The van der Waals surface area contributed by atoms with Crippen LogP contribution in [0.25, 0.3) is 0 Å². The molecule has 12 nitrogen and oxygen atoms in total. The minimum Gasteiger partial charge on any atom is -0.480 e. The van der Waals surface area contributed by atoms with Gasteiger partial charge in [-0.3, -0.25) is 19.2 Å². The van der Waals surface area contributed by atoms with Gasteiger partial charge in [0, 0.05) is 18.3 Å². The molecule has 0 radical (unpaired) electrons. The number of nitrogens with two attached hydrogens (primary N) is 1. The highest BCUT2D eigenvalue weighted by molar-refractivity contribution is 5.93. The number of carboxylic acid groups (broad SMARTS) is 1. The van der Waals surface area contributed by atoms with Crippen molar-refractivity contribution in [1.29, 1.82) is 0 Å². The van der Waals surface area contributed by atoms with Crippen molar-refractivity contribution in [3.8, 4) is 0 Å². The number of amides is 3. The lowest BCUT2D eigenvalue weighted by Crippen LogP contribution is -2.58. The van der Waals surface area contributed by atoms with E-state index in [2.05, 4.69) is 25.9 Å². The molecule has 162 valence electrons. The SMILES string of the molecule is CCC(C)C(NC(=O)C(N)Cc1cnc[nH]1)C(=O)NC(CO)C(=O)NCC(=O)O. The first-order valence-electron chi connectivity index (χ1n) is 9.13. The highest BCUT2D eigenvalue weighted by Crippen LogP contribution is 2.09. The topological polar surface area (TPSA) is 200 Å². The molecule has 0 fully saturated rings. The summed E-state index contributed by atoms with van der Waals surface area (Å²) in [7, 11) is 0. The van der Waals surface area contributed by atoms with Gasteiger partial charge in [0.05, 0.1) is 19.0 Å². The average molecular weight is 412 g/mol. The second-order valence-corrected chi connectivity index (χ2v) is 6.61. The fourth-order valence-corrected chi connectivity index (χ4v) is 2.43. The van der Waals surface area contributed by atoms with Crippen LogP contribution >= 0.6 is 0 Å². The molecule has 0 bridgehead atoms. The number of H-pyrrole nitrogens is 1. The summed E-state index contributed by atoms with van der Waals surface area (Å²) >= 11 is 0. The zero-order chi connectivity index (χ0) is 22.0. The first-order chi connectivity index (χ1) is 13.7. The van der Waals surface area contributed by atoms with E-state index in [1.165, 1.54) is 12.5 Å². The Bertz CT molecular complexity index is 695. The zero-order valence-electron chi connectivity index (χ0n) is 16.3. The van der Waals surface area contributed by atoms with Crippen LogP contribution in [0.2, 0.25) is 0 Å². The van der Waals surface area contributed by atoms with E-state index < -0.39 is 55.0 Å². The molecule has 0 saturated carbocycles. The molecule has 4 atom stereocenters. The minimum atomic E-state index is -1.36. The summed E-state index contributed by atoms with van der Waals surface area (Å²) in [4.78, 5) is 54.2. The van der Waals surface area contributed by atoms with Crippen LogP contribution in [0.5, 0.6) is 0 Å². The molecule has 8 N–H and O–H groups in total. The van der Waals surface area contributed by atoms with E-state index in [0.717, 1.165) is 0 Å². The number of aliphatic carboxylic acids is 1. The summed E-state index contributed by atoms with van der Waals surface area (Å²) in [5.74, 6) is -3.66.